The zero-order valence-electron chi connectivity index (χ0n) is 10.3. The van der Waals surface area contributed by atoms with E-state index in [0.29, 0.717) is 0 Å². The van der Waals surface area contributed by atoms with Gasteiger partial charge in [0.1, 0.15) is 5.75 Å². The molecule has 1 fully saturated rings. The Morgan fingerprint density at radius 1 is 1.53 bits per heavy atom. The Bertz CT molecular complexity index is 406. The van der Waals surface area contributed by atoms with Crippen molar-refractivity contribution in [3.63, 3.8) is 0 Å². The zero-order valence-corrected chi connectivity index (χ0v) is 10.3. The molecular weight excluding hydrogens is 216 g/mol. The summed E-state index contributed by atoms with van der Waals surface area (Å²) >= 11 is 0. The average Bonchev–Trinajstić information content (AvgIpc) is 2.77. The van der Waals surface area contributed by atoms with E-state index in [1.807, 2.05) is 18.2 Å². The molecule has 1 atom stereocenters. The van der Waals surface area contributed by atoms with Gasteiger partial charge in [0.2, 0.25) is 5.91 Å². The minimum Gasteiger partial charge on any atom is -0.497 e. The van der Waals surface area contributed by atoms with Crippen molar-refractivity contribution in [2.45, 2.75) is 19.4 Å². The van der Waals surface area contributed by atoms with Crippen LogP contribution in [0, 0.1) is 0 Å². The molecule has 4 nitrogen and oxygen atoms in total. The van der Waals surface area contributed by atoms with E-state index >= 15 is 0 Å². The van der Waals surface area contributed by atoms with Gasteiger partial charge in [0.25, 0.3) is 0 Å². The fraction of sp³-hybridized carbons (Fsp3) is 0.462. The maximum Gasteiger partial charge on any atom is 0.217 e. The lowest BCUT2D eigenvalue weighted by atomic mass is 10.2. The van der Waals surface area contributed by atoms with Gasteiger partial charge in [-0.1, -0.05) is 6.07 Å². The highest BCUT2D eigenvalue weighted by atomic mass is 16.5. The molecule has 0 saturated carbocycles. The van der Waals surface area contributed by atoms with Crippen LogP contribution in [0.3, 0.4) is 0 Å². The summed E-state index contributed by atoms with van der Waals surface area (Å²) in [6, 6.07) is 8.28. The molecule has 1 N–H and O–H groups in total. The summed E-state index contributed by atoms with van der Waals surface area (Å²) in [6.45, 7) is 3.40. The van der Waals surface area contributed by atoms with Gasteiger partial charge in [-0.25, -0.2) is 0 Å². The maximum absolute atomic E-state index is 11.0. The number of ether oxygens (including phenoxy) is 1. The fourth-order valence-electron chi connectivity index (χ4n) is 2.21. The molecule has 0 radical (unpaired) electrons. The van der Waals surface area contributed by atoms with E-state index in [1.54, 1.807) is 14.0 Å². The first-order chi connectivity index (χ1) is 8.19. The first-order valence-corrected chi connectivity index (χ1v) is 5.85. The Morgan fingerprint density at radius 2 is 2.35 bits per heavy atom. The van der Waals surface area contributed by atoms with Crippen molar-refractivity contribution in [3.8, 4) is 5.75 Å². The smallest absolute Gasteiger partial charge is 0.217 e. The summed E-state index contributed by atoms with van der Waals surface area (Å²) in [4.78, 5) is 13.3. The van der Waals surface area contributed by atoms with Crippen molar-refractivity contribution in [2.24, 2.45) is 0 Å². The van der Waals surface area contributed by atoms with Crippen molar-refractivity contribution in [1.82, 2.24) is 5.32 Å². The van der Waals surface area contributed by atoms with Crippen LogP contribution in [-0.4, -0.2) is 32.1 Å². The standard InChI is InChI=1S/C13H18N2O2/c1-10(16)14-11-6-7-15(9-11)12-4-3-5-13(8-12)17-2/h3-5,8,11H,6-7,9H2,1-2H3,(H,14,16)/t11-/m0/s1. The zero-order chi connectivity index (χ0) is 12.3. The van der Waals surface area contributed by atoms with E-state index in [4.69, 9.17) is 4.74 Å². The highest BCUT2D eigenvalue weighted by Gasteiger charge is 2.23. The van der Waals surface area contributed by atoms with Crippen molar-refractivity contribution < 1.29 is 9.53 Å². The second-order valence-electron chi connectivity index (χ2n) is 4.33. The molecule has 0 spiro atoms. The summed E-state index contributed by atoms with van der Waals surface area (Å²) in [5.74, 6) is 0.910. The van der Waals surface area contributed by atoms with Gasteiger partial charge in [-0.15, -0.1) is 0 Å². The van der Waals surface area contributed by atoms with Gasteiger partial charge in [-0.3, -0.25) is 4.79 Å². The van der Waals surface area contributed by atoms with Crippen LogP contribution < -0.4 is 15.0 Å². The van der Waals surface area contributed by atoms with E-state index in [0.717, 1.165) is 30.9 Å². The van der Waals surface area contributed by atoms with Crippen molar-refractivity contribution in [1.29, 1.82) is 0 Å². The lowest BCUT2D eigenvalue weighted by molar-refractivity contribution is -0.119. The molecule has 0 unspecified atom stereocenters. The molecule has 1 aliphatic rings. The topological polar surface area (TPSA) is 41.6 Å². The predicted molar refractivity (Wildman–Crippen MR) is 67.4 cm³/mol. The molecule has 2 rings (SSSR count). The van der Waals surface area contributed by atoms with Crippen molar-refractivity contribution in [2.75, 3.05) is 25.1 Å². The van der Waals surface area contributed by atoms with Gasteiger partial charge in [-0.05, 0) is 18.6 Å². The lowest BCUT2D eigenvalue weighted by Gasteiger charge is -2.19. The highest BCUT2D eigenvalue weighted by Crippen LogP contribution is 2.24. The van der Waals surface area contributed by atoms with Crippen LogP contribution in [0.1, 0.15) is 13.3 Å². The summed E-state index contributed by atoms with van der Waals surface area (Å²) in [6.07, 6.45) is 0.997. The van der Waals surface area contributed by atoms with Crippen molar-refractivity contribution >= 4 is 11.6 Å². The molecule has 4 heteroatoms. The van der Waals surface area contributed by atoms with E-state index in [1.165, 1.54) is 0 Å². The van der Waals surface area contributed by atoms with Crippen LogP contribution >= 0.6 is 0 Å². The Balaban J connectivity index is 2.01. The highest BCUT2D eigenvalue weighted by molar-refractivity contribution is 5.73. The molecule has 17 heavy (non-hydrogen) atoms. The number of carbonyl (C=O) groups is 1. The summed E-state index contributed by atoms with van der Waals surface area (Å²) < 4.78 is 5.21. The Morgan fingerprint density at radius 3 is 3.06 bits per heavy atom. The van der Waals surface area contributed by atoms with Gasteiger partial charge >= 0.3 is 0 Å². The molecule has 92 valence electrons. The van der Waals surface area contributed by atoms with Crippen LogP contribution in [0.5, 0.6) is 5.75 Å². The van der Waals surface area contributed by atoms with E-state index in [2.05, 4.69) is 16.3 Å². The Kier molecular flexibility index (Phi) is 3.52. The Labute approximate surface area is 102 Å². The molecule has 1 aromatic carbocycles. The minimum atomic E-state index is 0.0440. The molecule has 1 saturated heterocycles. The number of rotatable bonds is 3. The maximum atomic E-state index is 11.0. The van der Waals surface area contributed by atoms with Crippen molar-refractivity contribution in [3.05, 3.63) is 24.3 Å². The SMILES string of the molecule is COc1cccc(N2CC[C@H](NC(C)=O)C2)c1. The number of nitrogens with zero attached hydrogens (tertiary/aromatic N) is 1. The van der Waals surface area contributed by atoms with E-state index < -0.39 is 0 Å². The van der Waals surface area contributed by atoms with Gasteiger partial charge in [0, 0.05) is 37.8 Å². The molecule has 1 aliphatic heterocycles. The first-order valence-electron chi connectivity index (χ1n) is 5.85. The number of hydrogen-bond donors (Lipinski definition) is 1. The first kappa shape index (κ1) is 11.8. The second kappa shape index (κ2) is 5.08. The predicted octanol–water partition coefficient (Wildman–Crippen LogP) is 1.41. The lowest BCUT2D eigenvalue weighted by Crippen LogP contribution is -2.35. The third kappa shape index (κ3) is 2.90. The van der Waals surface area contributed by atoms with Crippen LogP contribution in [0.25, 0.3) is 0 Å². The second-order valence-corrected chi connectivity index (χ2v) is 4.33. The van der Waals surface area contributed by atoms with Gasteiger partial charge in [0.15, 0.2) is 0 Å². The largest absolute Gasteiger partial charge is 0.497 e. The molecule has 0 aromatic heterocycles. The van der Waals surface area contributed by atoms with Gasteiger partial charge < -0.3 is 15.0 Å². The molecule has 1 aromatic rings. The molecule has 1 heterocycles. The molecular formula is C13H18N2O2. The third-order valence-electron chi connectivity index (χ3n) is 3.01. The average molecular weight is 234 g/mol. The number of methoxy groups -OCH3 is 1. The van der Waals surface area contributed by atoms with Crippen LogP contribution in [-0.2, 0) is 4.79 Å². The normalized spacial score (nSPS) is 19.2. The Hall–Kier alpha value is -1.71. The van der Waals surface area contributed by atoms with Gasteiger partial charge in [-0.2, -0.15) is 0 Å². The molecule has 0 aliphatic carbocycles. The third-order valence-corrected chi connectivity index (χ3v) is 3.01. The summed E-state index contributed by atoms with van der Waals surface area (Å²) in [7, 11) is 1.67. The summed E-state index contributed by atoms with van der Waals surface area (Å²) in [5, 5.41) is 2.96. The number of benzene rings is 1. The summed E-state index contributed by atoms with van der Waals surface area (Å²) in [5.41, 5.74) is 1.15. The fourth-order valence-corrected chi connectivity index (χ4v) is 2.21. The number of amides is 1. The monoisotopic (exact) mass is 234 g/mol. The van der Waals surface area contributed by atoms with Crippen LogP contribution in [0.2, 0.25) is 0 Å². The van der Waals surface area contributed by atoms with Crippen LogP contribution in [0.4, 0.5) is 5.69 Å². The van der Waals surface area contributed by atoms with Gasteiger partial charge in [0.05, 0.1) is 7.11 Å². The van der Waals surface area contributed by atoms with Crippen LogP contribution in [0.15, 0.2) is 24.3 Å². The molecule has 1 amide bonds. The number of carbonyl (C=O) groups excluding carboxylic acids is 1. The number of nitrogens with one attached hydrogen (secondary N) is 1. The van der Waals surface area contributed by atoms with E-state index in [-0.39, 0.29) is 11.9 Å². The number of anilines is 1. The number of hydrogen-bond acceptors (Lipinski definition) is 3. The van der Waals surface area contributed by atoms with E-state index in [9.17, 15) is 4.79 Å². The quantitative estimate of drug-likeness (QED) is 0.859. The minimum absolute atomic E-state index is 0.0440. The molecule has 0 bridgehead atoms.